The maximum Gasteiger partial charge on any atom is 0.206 e. The molecule has 1 aromatic heterocycles. The van der Waals surface area contributed by atoms with Crippen LogP contribution in [0.4, 0.5) is 0 Å². The van der Waals surface area contributed by atoms with Gasteiger partial charge < -0.3 is 5.11 Å². The van der Waals surface area contributed by atoms with E-state index in [1.807, 2.05) is 19.1 Å². The van der Waals surface area contributed by atoms with Crippen molar-refractivity contribution in [2.24, 2.45) is 0 Å². The molecule has 2 aromatic rings. The van der Waals surface area contributed by atoms with Crippen LogP contribution in [-0.2, 0) is 5.60 Å². The van der Waals surface area contributed by atoms with Crippen LogP contribution < -0.4 is 5.43 Å². The van der Waals surface area contributed by atoms with Crippen molar-refractivity contribution in [1.29, 1.82) is 0 Å². The predicted molar refractivity (Wildman–Crippen MR) is 79.6 cm³/mol. The first-order chi connectivity index (χ1) is 9.20. The van der Waals surface area contributed by atoms with Crippen molar-refractivity contribution >= 4 is 11.6 Å². The number of aryl methyl sites for hydroxylation is 2. The molecule has 0 aliphatic carbocycles. The molecular formula is C15H17ClN2O2. The minimum absolute atomic E-state index is 0.123. The third-order valence-electron chi connectivity index (χ3n) is 3.07. The van der Waals surface area contributed by atoms with Gasteiger partial charge in [0.1, 0.15) is 11.3 Å². The summed E-state index contributed by atoms with van der Waals surface area (Å²) in [4.78, 5) is 12.0. The first kappa shape index (κ1) is 14.8. The van der Waals surface area contributed by atoms with Gasteiger partial charge in [-0.1, -0.05) is 11.6 Å². The molecule has 0 unspecified atom stereocenters. The van der Waals surface area contributed by atoms with Gasteiger partial charge >= 0.3 is 0 Å². The number of aliphatic hydroxyl groups is 1. The second-order valence-electron chi connectivity index (χ2n) is 5.40. The molecule has 0 atom stereocenters. The lowest BCUT2D eigenvalue weighted by Gasteiger charge is -2.19. The van der Waals surface area contributed by atoms with Gasteiger partial charge in [0.05, 0.1) is 5.69 Å². The molecule has 0 amide bonds. The summed E-state index contributed by atoms with van der Waals surface area (Å²) < 4.78 is 1.65. The minimum Gasteiger partial charge on any atom is -0.384 e. The molecule has 0 bridgehead atoms. The Labute approximate surface area is 122 Å². The molecule has 0 fully saturated rings. The fourth-order valence-corrected chi connectivity index (χ4v) is 2.30. The van der Waals surface area contributed by atoms with Crippen LogP contribution in [0, 0.1) is 13.8 Å². The molecule has 0 aliphatic rings. The Kier molecular flexibility index (Phi) is 3.71. The number of hydrogen-bond acceptors (Lipinski definition) is 3. The highest BCUT2D eigenvalue weighted by Crippen LogP contribution is 2.20. The second-order valence-corrected chi connectivity index (χ2v) is 5.84. The van der Waals surface area contributed by atoms with Gasteiger partial charge in [0, 0.05) is 16.8 Å². The van der Waals surface area contributed by atoms with Crippen LogP contribution in [-0.4, -0.2) is 14.9 Å². The van der Waals surface area contributed by atoms with E-state index in [1.54, 1.807) is 31.5 Å². The zero-order valence-electron chi connectivity index (χ0n) is 11.9. The molecule has 1 N–H and O–H groups in total. The highest BCUT2D eigenvalue weighted by atomic mass is 35.5. The molecule has 0 saturated heterocycles. The molecule has 2 rings (SSSR count). The molecule has 0 aliphatic heterocycles. The topological polar surface area (TPSA) is 55.1 Å². The first-order valence-electron chi connectivity index (χ1n) is 6.30. The quantitative estimate of drug-likeness (QED) is 0.926. The summed E-state index contributed by atoms with van der Waals surface area (Å²) in [5, 5.41) is 15.0. The number of aromatic nitrogens is 2. The van der Waals surface area contributed by atoms with Gasteiger partial charge in [0.25, 0.3) is 0 Å². The van der Waals surface area contributed by atoms with Crippen molar-refractivity contribution in [3.63, 3.8) is 0 Å². The Morgan fingerprint density at radius 3 is 2.45 bits per heavy atom. The molecule has 4 nitrogen and oxygen atoms in total. The zero-order valence-corrected chi connectivity index (χ0v) is 12.7. The van der Waals surface area contributed by atoms with Gasteiger partial charge in [0.2, 0.25) is 5.43 Å². The van der Waals surface area contributed by atoms with Crippen LogP contribution in [0.5, 0.6) is 0 Å². The van der Waals surface area contributed by atoms with Gasteiger partial charge in [-0.15, -0.1) is 0 Å². The van der Waals surface area contributed by atoms with Gasteiger partial charge in [-0.25, -0.2) is 4.68 Å². The lowest BCUT2D eigenvalue weighted by molar-refractivity contribution is 0.0709. The van der Waals surface area contributed by atoms with Gasteiger partial charge in [-0.05, 0) is 51.5 Å². The summed E-state index contributed by atoms with van der Waals surface area (Å²) in [6, 6.07) is 6.93. The van der Waals surface area contributed by atoms with Gasteiger partial charge in [0.15, 0.2) is 0 Å². The summed E-state index contributed by atoms with van der Waals surface area (Å²) in [5.41, 5.74) is 1.05. The van der Waals surface area contributed by atoms with E-state index >= 15 is 0 Å². The summed E-state index contributed by atoms with van der Waals surface area (Å²) in [7, 11) is 0. The third-order valence-corrected chi connectivity index (χ3v) is 3.31. The molecule has 1 aromatic carbocycles. The Morgan fingerprint density at radius 1 is 1.25 bits per heavy atom. The van der Waals surface area contributed by atoms with Crippen molar-refractivity contribution < 1.29 is 5.11 Å². The van der Waals surface area contributed by atoms with Crippen molar-refractivity contribution in [3.05, 3.63) is 56.5 Å². The number of nitrogens with zero attached hydrogens (tertiary/aromatic N) is 2. The normalized spacial score (nSPS) is 11.7. The van der Waals surface area contributed by atoms with Gasteiger partial charge in [-0.2, -0.15) is 5.10 Å². The molecule has 0 saturated carbocycles. The zero-order chi connectivity index (χ0) is 15.1. The molecule has 20 heavy (non-hydrogen) atoms. The summed E-state index contributed by atoms with van der Waals surface area (Å²) in [5.74, 6) is 0. The average molecular weight is 293 g/mol. The molecule has 0 radical (unpaired) electrons. The predicted octanol–water partition coefficient (Wildman–Crippen LogP) is 2.73. The van der Waals surface area contributed by atoms with Crippen molar-refractivity contribution in [1.82, 2.24) is 9.78 Å². The fourth-order valence-electron chi connectivity index (χ4n) is 2.07. The molecule has 0 spiro atoms. The Morgan fingerprint density at radius 2 is 1.90 bits per heavy atom. The Bertz CT molecular complexity index is 715. The SMILES string of the molecule is Cc1cc(Cl)ccc1-n1nc(C(C)(C)O)c(=O)cc1C. The van der Waals surface area contributed by atoms with Crippen molar-refractivity contribution in [2.45, 2.75) is 33.3 Å². The molecular weight excluding hydrogens is 276 g/mol. The highest BCUT2D eigenvalue weighted by Gasteiger charge is 2.23. The standard InChI is InChI=1S/C15H17ClN2O2/c1-9-7-11(16)5-6-12(9)18-10(2)8-13(19)14(17-18)15(3,4)20/h5-8,20H,1-4H3. The average Bonchev–Trinajstić information content (AvgIpc) is 2.28. The van der Waals surface area contributed by atoms with Crippen LogP contribution >= 0.6 is 11.6 Å². The smallest absolute Gasteiger partial charge is 0.206 e. The van der Waals surface area contributed by atoms with E-state index in [9.17, 15) is 9.90 Å². The first-order valence-corrected chi connectivity index (χ1v) is 6.68. The van der Waals surface area contributed by atoms with E-state index in [0.717, 1.165) is 11.3 Å². The van der Waals surface area contributed by atoms with Crippen LogP contribution in [0.3, 0.4) is 0 Å². The lowest BCUT2D eigenvalue weighted by Crippen LogP contribution is -2.30. The summed E-state index contributed by atoms with van der Waals surface area (Å²) in [6.45, 7) is 6.82. The largest absolute Gasteiger partial charge is 0.384 e. The summed E-state index contributed by atoms with van der Waals surface area (Å²) >= 11 is 5.95. The van der Waals surface area contributed by atoms with Crippen LogP contribution in [0.15, 0.2) is 29.1 Å². The maximum atomic E-state index is 12.0. The van der Waals surface area contributed by atoms with Crippen LogP contribution in [0.1, 0.15) is 30.8 Å². The number of halogens is 1. The Hall–Kier alpha value is -1.65. The summed E-state index contributed by atoms with van der Waals surface area (Å²) in [6.07, 6.45) is 0. The maximum absolute atomic E-state index is 12.0. The minimum atomic E-state index is -1.28. The number of benzene rings is 1. The second kappa shape index (κ2) is 5.04. The molecule has 106 valence electrons. The van der Waals surface area contributed by atoms with Crippen LogP contribution in [0.25, 0.3) is 5.69 Å². The molecule has 5 heteroatoms. The highest BCUT2D eigenvalue weighted by molar-refractivity contribution is 6.30. The van der Waals surface area contributed by atoms with E-state index < -0.39 is 5.60 Å². The van der Waals surface area contributed by atoms with E-state index in [2.05, 4.69) is 5.10 Å². The lowest BCUT2D eigenvalue weighted by atomic mass is 10.0. The van der Waals surface area contributed by atoms with Gasteiger partial charge in [-0.3, -0.25) is 4.79 Å². The van der Waals surface area contributed by atoms with Crippen molar-refractivity contribution in [2.75, 3.05) is 0 Å². The Balaban J connectivity index is 2.72. The van der Waals surface area contributed by atoms with E-state index in [0.29, 0.717) is 10.7 Å². The van der Waals surface area contributed by atoms with E-state index in [-0.39, 0.29) is 11.1 Å². The third kappa shape index (κ3) is 2.76. The number of hydrogen-bond donors (Lipinski definition) is 1. The monoisotopic (exact) mass is 292 g/mol. The fraction of sp³-hybridized carbons (Fsp3) is 0.333. The number of rotatable bonds is 2. The molecule has 1 heterocycles. The van der Waals surface area contributed by atoms with E-state index in [4.69, 9.17) is 11.6 Å². The van der Waals surface area contributed by atoms with Crippen LogP contribution in [0.2, 0.25) is 5.02 Å². The van der Waals surface area contributed by atoms with Crippen molar-refractivity contribution in [3.8, 4) is 5.69 Å². The van der Waals surface area contributed by atoms with E-state index in [1.165, 1.54) is 6.07 Å².